The molecule has 1 N–H and O–H groups in total. The van der Waals surface area contributed by atoms with E-state index >= 15 is 0 Å². The first-order valence-electron chi connectivity index (χ1n) is 5.54. The zero-order valence-electron chi connectivity index (χ0n) is 10.5. The molecular weight excluding hydrogens is 232 g/mol. The van der Waals surface area contributed by atoms with Crippen LogP contribution in [0.15, 0.2) is 6.07 Å². The lowest BCUT2D eigenvalue weighted by Gasteiger charge is -2.15. The monoisotopic (exact) mass is 248 g/mol. The van der Waals surface area contributed by atoms with Crippen LogP contribution < -0.4 is 5.32 Å². The van der Waals surface area contributed by atoms with E-state index in [1.54, 1.807) is 0 Å². The summed E-state index contributed by atoms with van der Waals surface area (Å²) >= 11 is 1.28. The predicted molar refractivity (Wildman–Crippen MR) is 70.4 cm³/mol. The molecule has 0 aliphatic rings. The first-order valence-corrected chi connectivity index (χ1v) is 6.32. The summed E-state index contributed by atoms with van der Waals surface area (Å²) in [7, 11) is 0. The maximum atomic E-state index is 3.88. The minimum Gasteiger partial charge on any atom is -0.355 e. The van der Waals surface area contributed by atoms with E-state index in [-0.39, 0.29) is 0 Å². The smallest absolute Gasteiger partial charge is 0.225 e. The van der Waals surface area contributed by atoms with E-state index in [1.165, 1.54) is 39.3 Å². The number of nitrogens with one attached hydrogen (secondary N) is 1. The van der Waals surface area contributed by atoms with Gasteiger partial charge in [0.15, 0.2) is 0 Å². The molecule has 0 aliphatic carbocycles. The Kier molecular flexibility index (Phi) is 3.38. The van der Waals surface area contributed by atoms with Crippen molar-refractivity contribution in [3.8, 4) is 0 Å². The van der Waals surface area contributed by atoms with Crippen LogP contribution in [0.1, 0.15) is 27.8 Å². The molecule has 1 heterocycles. The van der Waals surface area contributed by atoms with Gasteiger partial charge in [0.25, 0.3) is 0 Å². The van der Waals surface area contributed by atoms with E-state index in [1.807, 2.05) is 0 Å². The van der Waals surface area contributed by atoms with Crippen molar-refractivity contribution in [1.29, 1.82) is 0 Å². The van der Waals surface area contributed by atoms with Gasteiger partial charge in [0.1, 0.15) is 0 Å². The lowest BCUT2D eigenvalue weighted by atomic mass is 9.94. The molecule has 0 radical (unpaired) electrons. The third-order valence-corrected chi connectivity index (χ3v) is 3.79. The molecule has 2 aromatic rings. The molecule has 0 saturated carbocycles. The molecule has 0 fully saturated rings. The molecule has 0 aliphatic heterocycles. The summed E-state index contributed by atoms with van der Waals surface area (Å²) in [6.07, 6.45) is 0. The molecule has 1 aromatic heterocycles. The predicted octanol–water partition coefficient (Wildman–Crippen LogP) is 2.78. The molecule has 0 spiro atoms. The molecule has 0 saturated heterocycles. The second-order valence-electron chi connectivity index (χ2n) is 4.26. The summed E-state index contributed by atoms with van der Waals surface area (Å²) in [6.45, 7) is 9.40. The summed E-state index contributed by atoms with van der Waals surface area (Å²) in [4.78, 5) is 0. The van der Waals surface area contributed by atoms with Crippen LogP contribution in [0.25, 0.3) is 0 Å². The summed E-state index contributed by atoms with van der Waals surface area (Å²) in [5.41, 5.74) is 6.70. The van der Waals surface area contributed by atoms with E-state index in [4.69, 9.17) is 0 Å². The van der Waals surface area contributed by atoms with Crippen molar-refractivity contribution < 1.29 is 0 Å². The molecule has 0 bridgehead atoms. The minimum absolute atomic E-state index is 0.767. The van der Waals surface area contributed by atoms with Crippen molar-refractivity contribution in [3.05, 3.63) is 33.9 Å². The Morgan fingerprint density at radius 2 is 1.76 bits per heavy atom. The number of aromatic nitrogens is 3. The van der Waals surface area contributed by atoms with Crippen LogP contribution in [0, 0.1) is 27.7 Å². The van der Waals surface area contributed by atoms with Crippen LogP contribution in [0.2, 0.25) is 0 Å². The van der Waals surface area contributed by atoms with Crippen LogP contribution in [0.5, 0.6) is 0 Å². The standard InChI is InChI=1S/C12H16N4S/c1-7-5-8(2)10(4)11(9(7)3)6-13-12-14-15-16-17-12/h5H,6H2,1-4H3,(H,13,14,16). The second-order valence-corrected chi connectivity index (χ2v) is 4.99. The number of anilines is 1. The Balaban J connectivity index is 2.26. The lowest BCUT2D eigenvalue weighted by molar-refractivity contribution is 0.947. The normalized spacial score (nSPS) is 10.6. The Morgan fingerprint density at radius 3 is 2.29 bits per heavy atom. The highest BCUT2D eigenvalue weighted by Gasteiger charge is 2.08. The van der Waals surface area contributed by atoms with Crippen molar-refractivity contribution >= 4 is 16.7 Å². The molecule has 90 valence electrons. The number of hydrogen-bond acceptors (Lipinski definition) is 5. The highest BCUT2D eigenvalue weighted by molar-refractivity contribution is 7.09. The first kappa shape index (κ1) is 12.0. The summed E-state index contributed by atoms with van der Waals surface area (Å²) < 4.78 is 3.73. The maximum absolute atomic E-state index is 3.88. The van der Waals surface area contributed by atoms with E-state index in [9.17, 15) is 0 Å². The third kappa shape index (κ3) is 2.44. The molecule has 17 heavy (non-hydrogen) atoms. The van der Waals surface area contributed by atoms with Gasteiger partial charge in [-0.3, -0.25) is 0 Å². The van der Waals surface area contributed by atoms with Crippen molar-refractivity contribution in [2.24, 2.45) is 0 Å². The third-order valence-electron chi connectivity index (χ3n) is 3.24. The number of benzene rings is 1. The van der Waals surface area contributed by atoms with Gasteiger partial charge in [-0.25, -0.2) is 0 Å². The van der Waals surface area contributed by atoms with Gasteiger partial charge in [-0.2, -0.15) is 0 Å². The molecule has 5 heteroatoms. The van der Waals surface area contributed by atoms with Crippen molar-refractivity contribution in [2.75, 3.05) is 5.32 Å². The topological polar surface area (TPSA) is 50.7 Å². The fourth-order valence-corrected chi connectivity index (χ4v) is 2.29. The first-order chi connectivity index (χ1) is 8.09. The average molecular weight is 248 g/mol. The fourth-order valence-electron chi connectivity index (χ4n) is 1.93. The Morgan fingerprint density at radius 1 is 1.12 bits per heavy atom. The van der Waals surface area contributed by atoms with Crippen molar-refractivity contribution in [1.82, 2.24) is 14.8 Å². The van der Waals surface area contributed by atoms with Crippen LogP contribution in [-0.4, -0.2) is 14.8 Å². The highest BCUT2D eigenvalue weighted by Crippen LogP contribution is 2.22. The van der Waals surface area contributed by atoms with Gasteiger partial charge in [-0.15, -0.1) is 0 Å². The molecule has 4 nitrogen and oxygen atoms in total. The van der Waals surface area contributed by atoms with Crippen molar-refractivity contribution in [2.45, 2.75) is 34.2 Å². The molecule has 0 atom stereocenters. The number of hydrogen-bond donors (Lipinski definition) is 1. The highest BCUT2D eigenvalue weighted by atomic mass is 32.1. The van der Waals surface area contributed by atoms with Crippen LogP contribution in [0.3, 0.4) is 0 Å². The quantitative estimate of drug-likeness (QED) is 0.907. The minimum atomic E-state index is 0.767. The summed E-state index contributed by atoms with van der Waals surface area (Å²) in [5.74, 6) is 0. The second kappa shape index (κ2) is 4.79. The van der Waals surface area contributed by atoms with Gasteiger partial charge in [0.05, 0.1) is 0 Å². The van der Waals surface area contributed by atoms with E-state index < -0.39 is 0 Å². The Labute approximate surface area is 105 Å². The van der Waals surface area contributed by atoms with E-state index in [0.29, 0.717) is 0 Å². The number of rotatable bonds is 3. The number of nitrogens with zero attached hydrogens (tertiary/aromatic N) is 3. The van der Waals surface area contributed by atoms with Gasteiger partial charge >= 0.3 is 0 Å². The molecule has 0 amide bonds. The maximum Gasteiger partial charge on any atom is 0.225 e. The molecule has 2 rings (SSSR count). The Bertz CT molecular complexity index is 494. The van der Waals surface area contributed by atoms with Gasteiger partial charge < -0.3 is 5.32 Å². The van der Waals surface area contributed by atoms with Crippen LogP contribution in [-0.2, 0) is 6.54 Å². The van der Waals surface area contributed by atoms with Crippen molar-refractivity contribution in [3.63, 3.8) is 0 Å². The number of aryl methyl sites for hydroxylation is 2. The fraction of sp³-hybridized carbons (Fsp3) is 0.417. The van der Waals surface area contributed by atoms with Gasteiger partial charge in [-0.1, -0.05) is 15.7 Å². The summed E-state index contributed by atoms with van der Waals surface area (Å²) in [6, 6.07) is 2.24. The SMILES string of the molecule is Cc1cc(C)c(C)c(CNc2nnns2)c1C. The molecule has 0 unspecified atom stereocenters. The molecular formula is C12H16N4S. The summed E-state index contributed by atoms with van der Waals surface area (Å²) in [5, 5.41) is 11.5. The van der Waals surface area contributed by atoms with Gasteiger partial charge in [0.2, 0.25) is 5.13 Å². The van der Waals surface area contributed by atoms with Crippen LogP contribution in [0.4, 0.5) is 5.13 Å². The van der Waals surface area contributed by atoms with Gasteiger partial charge in [-0.05, 0) is 60.7 Å². The molecule has 1 aromatic carbocycles. The lowest BCUT2D eigenvalue weighted by Crippen LogP contribution is -2.06. The van der Waals surface area contributed by atoms with Gasteiger partial charge in [0, 0.05) is 18.1 Å². The zero-order valence-corrected chi connectivity index (χ0v) is 11.4. The average Bonchev–Trinajstić information content (AvgIpc) is 2.79. The van der Waals surface area contributed by atoms with Crippen LogP contribution >= 0.6 is 11.5 Å². The largest absolute Gasteiger partial charge is 0.355 e. The van der Waals surface area contributed by atoms with E-state index in [2.05, 4.69) is 53.9 Å². The Hall–Kier alpha value is -1.49. The van der Waals surface area contributed by atoms with E-state index in [0.717, 1.165) is 11.7 Å². The zero-order chi connectivity index (χ0) is 12.4.